The molecule has 1 amide bonds. The molecular weight excluding hydrogens is 268 g/mol. The first-order valence-electron chi connectivity index (χ1n) is 6.69. The van der Waals surface area contributed by atoms with E-state index in [0.717, 1.165) is 5.56 Å². The summed E-state index contributed by atoms with van der Waals surface area (Å²) in [5.74, 6) is -1.63. The Morgan fingerprint density at radius 1 is 1.38 bits per heavy atom. The van der Waals surface area contributed by atoms with E-state index in [2.05, 4.69) is 5.32 Å². The van der Waals surface area contributed by atoms with Gasteiger partial charge in [-0.15, -0.1) is 0 Å². The van der Waals surface area contributed by atoms with Crippen molar-refractivity contribution >= 4 is 18.0 Å². The number of carbonyl (C=O) groups is 2. The van der Waals surface area contributed by atoms with Crippen LogP contribution in [-0.2, 0) is 9.59 Å². The molecule has 0 saturated carbocycles. The SMILES string of the molecule is CCC(C)C(NC(=O)/C=C/c1ccc(C#N)cc1)C(=O)O. The molecule has 0 heterocycles. The molecule has 1 aromatic carbocycles. The van der Waals surface area contributed by atoms with E-state index in [1.165, 1.54) is 6.08 Å². The number of carboxylic acid groups (broad SMARTS) is 1. The first-order valence-corrected chi connectivity index (χ1v) is 6.69. The van der Waals surface area contributed by atoms with Crippen molar-refractivity contribution < 1.29 is 14.7 Å². The number of benzene rings is 1. The second-order valence-electron chi connectivity index (χ2n) is 4.78. The summed E-state index contributed by atoms with van der Waals surface area (Å²) in [5.41, 5.74) is 1.30. The topological polar surface area (TPSA) is 90.2 Å². The van der Waals surface area contributed by atoms with Gasteiger partial charge in [0.25, 0.3) is 0 Å². The zero-order valence-corrected chi connectivity index (χ0v) is 12.0. The van der Waals surface area contributed by atoms with Crippen LogP contribution in [-0.4, -0.2) is 23.0 Å². The first kappa shape index (κ1) is 16.4. The van der Waals surface area contributed by atoms with Gasteiger partial charge < -0.3 is 10.4 Å². The van der Waals surface area contributed by atoms with Crippen molar-refractivity contribution in [1.29, 1.82) is 5.26 Å². The highest BCUT2D eigenvalue weighted by Crippen LogP contribution is 2.08. The number of hydrogen-bond acceptors (Lipinski definition) is 3. The van der Waals surface area contributed by atoms with Gasteiger partial charge in [-0.3, -0.25) is 4.79 Å². The predicted octanol–water partition coefficient (Wildman–Crippen LogP) is 2.19. The maximum Gasteiger partial charge on any atom is 0.326 e. The Kier molecular flexibility index (Phi) is 6.15. The normalized spacial score (nSPS) is 13.4. The lowest BCUT2D eigenvalue weighted by atomic mass is 9.99. The minimum atomic E-state index is -1.04. The Balaban J connectivity index is 2.69. The highest BCUT2D eigenvalue weighted by Gasteiger charge is 2.24. The standard InChI is InChI=1S/C16H18N2O3/c1-3-11(2)15(16(20)21)18-14(19)9-8-12-4-6-13(10-17)7-5-12/h4-9,11,15H,3H2,1-2H3,(H,18,19)(H,20,21)/b9-8+. The largest absolute Gasteiger partial charge is 0.480 e. The molecule has 1 rings (SSSR count). The van der Waals surface area contributed by atoms with Crippen LogP contribution in [0, 0.1) is 17.2 Å². The molecule has 2 atom stereocenters. The Morgan fingerprint density at radius 2 is 2.00 bits per heavy atom. The summed E-state index contributed by atoms with van der Waals surface area (Å²) >= 11 is 0. The molecule has 1 aromatic rings. The third-order valence-corrected chi connectivity index (χ3v) is 3.24. The van der Waals surface area contributed by atoms with Crippen LogP contribution in [0.4, 0.5) is 0 Å². The lowest BCUT2D eigenvalue weighted by Gasteiger charge is -2.19. The van der Waals surface area contributed by atoms with Crippen molar-refractivity contribution in [3.8, 4) is 6.07 Å². The summed E-state index contributed by atoms with van der Waals surface area (Å²) in [6.07, 6.45) is 3.53. The Labute approximate surface area is 123 Å². The van der Waals surface area contributed by atoms with Gasteiger partial charge in [0.1, 0.15) is 6.04 Å². The van der Waals surface area contributed by atoms with Crippen LogP contribution in [0.1, 0.15) is 31.4 Å². The van der Waals surface area contributed by atoms with E-state index in [9.17, 15) is 9.59 Å². The van der Waals surface area contributed by atoms with Gasteiger partial charge in [0.2, 0.25) is 5.91 Å². The molecule has 0 fully saturated rings. The van der Waals surface area contributed by atoms with Crippen LogP contribution in [0.5, 0.6) is 0 Å². The summed E-state index contributed by atoms with van der Waals surface area (Å²) in [5, 5.41) is 20.3. The second-order valence-corrected chi connectivity index (χ2v) is 4.78. The Hall–Kier alpha value is -2.61. The number of carboxylic acids is 1. The molecule has 21 heavy (non-hydrogen) atoms. The van der Waals surface area contributed by atoms with E-state index < -0.39 is 17.9 Å². The van der Waals surface area contributed by atoms with Crippen molar-refractivity contribution in [3.63, 3.8) is 0 Å². The third-order valence-electron chi connectivity index (χ3n) is 3.24. The summed E-state index contributed by atoms with van der Waals surface area (Å²) in [6, 6.07) is 7.84. The fourth-order valence-electron chi connectivity index (χ4n) is 1.73. The molecule has 0 aliphatic rings. The van der Waals surface area contributed by atoms with Gasteiger partial charge in [0, 0.05) is 6.08 Å². The number of nitrogens with one attached hydrogen (secondary N) is 1. The van der Waals surface area contributed by atoms with Crippen molar-refractivity contribution in [3.05, 3.63) is 41.5 Å². The minimum Gasteiger partial charge on any atom is -0.480 e. The molecular formula is C16H18N2O3. The van der Waals surface area contributed by atoms with E-state index in [1.54, 1.807) is 37.3 Å². The zero-order valence-electron chi connectivity index (χ0n) is 12.0. The summed E-state index contributed by atoms with van der Waals surface area (Å²) in [6.45, 7) is 3.66. The molecule has 0 saturated heterocycles. The molecule has 0 aliphatic heterocycles. The van der Waals surface area contributed by atoms with E-state index in [0.29, 0.717) is 12.0 Å². The summed E-state index contributed by atoms with van der Waals surface area (Å²) in [7, 11) is 0. The van der Waals surface area contributed by atoms with Crippen LogP contribution in [0.2, 0.25) is 0 Å². The van der Waals surface area contributed by atoms with Crippen LogP contribution in [0.15, 0.2) is 30.3 Å². The molecule has 2 unspecified atom stereocenters. The van der Waals surface area contributed by atoms with Crippen molar-refractivity contribution in [1.82, 2.24) is 5.32 Å². The summed E-state index contributed by atoms with van der Waals surface area (Å²) in [4.78, 5) is 22.9. The maximum atomic E-state index is 11.8. The van der Waals surface area contributed by atoms with Crippen molar-refractivity contribution in [2.45, 2.75) is 26.3 Å². The van der Waals surface area contributed by atoms with Crippen LogP contribution in [0.25, 0.3) is 6.08 Å². The van der Waals surface area contributed by atoms with E-state index in [4.69, 9.17) is 10.4 Å². The average Bonchev–Trinajstić information content (AvgIpc) is 2.50. The Morgan fingerprint density at radius 3 is 2.48 bits per heavy atom. The van der Waals surface area contributed by atoms with Gasteiger partial charge in [-0.05, 0) is 29.7 Å². The number of amides is 1. The number of nitriles is 1. The number of rotatable bonds is 6. The molecule has 0 spiro atoms. The summed E-state index contributed by atoms with van der Waals surface area (Å²) < 4.78 is 0. The fraction of sp³-hybridized carbons (Fsp3) is 0.312. The van der Waals surface area contributed by atoms with Gasteiger partial charge in [0.05, 0.1) is 11.6 Å². The molecule has 110 valence electrons. The monoisotopic (exact) mass is 286 g/mol. The molecule has 5 heteroatoms. The maximum absolute atomic E-state index is 11.8. The van der Waals surface area contributed by atoms with Crippen LogP contribution < -0.4 is 5.32 Å². The molecule has 0 bridgehead atoms. The predicted molar refractivity (Wildman–Crippen MR) is 79.2 cm³/mol. The van der Waals surface area contributed by atoms with Gasteiger partial charge in [0.15, 0.2) is 0 Å². The van der Waals surface area contributed by atoms with Gasteiger partial charge in [-0.1, -0.05) is 32.4 Å². The van der Waals surface area contributed by atoms with E-state index in [-0.39, 0.29) is 5.92 Å². The minimum absolute atomic E-state index is 0.144. The number of aliphatic carboxylic acids is 1. The molecule has 5 nitrogen and oxygen atoms in total. The average molecular weight is 286 g/mol. The van der Waals surface area contributed by atoms with Gasteiger partial charge >= 0.3 is 5.97 Å². The molecule has 0 radical (unpaired) electrons. The molecule has 0 aliphatic carbocycles. The van der Waals surface area contributed by atoms with Crippen LogP contribution >= 0.6 is 0 Å². The lowest BCUT2D eigenvalue weighted by molar-refractivity contribution is -0.142. The highest BCUT2D eigenvalue weighted by atomic mass is 16.4. The third kappa shape index (κ3) is 5.11. The van der Waals surface area contributed by atoms with E-state index in [1.807, 2.05) is 13.0 Å². The fourth-order valence-corrected chi connectivity index (χ4v) is 1.73. The van der Waals surface area contributed by atoms with Crippen molar-refractivity contribution in [2.24, 2.45) is 5.92 Å². The molecule has 0 aromatic heterocycles. The quantitative estimate of drug-likeness (QED) is 0.784. The van der Waals surface area contributed by atoms with Gasteiger partial charge in [-0.25, -0.2) is 4.79 Å². The highest BCUT2D eigenvalue weighted by molar-refractivity contribution is 5.94. The van der Waals surface area contributed by atoms with Crippen molar-refractivity contribution in [2.75, 3.05) is 0 Å². The lowest BCUT2D eigenvalue weighted by Crippen LogP contribution is -2.44. The van der Waals surface area contributed by atoms with E-state index >= 15 is 0 Å². The Bertz CT molecular complexity index is 570. The number of hydrogen-bond donors (Lipinski definition) is 2. The smallest absolute Gasteiger partial charge is 0.326 e. The second kappa shape index (κ2) is 7.85. The number of carbonyl (C=O) groups excluding carboxylic acids is 1. The van der Waals surface area contributed by atoms with Gasteiger partial charge in [-0.2, -0.15) is 5.26 Å². The molecule has 2 N–H and O–H groups in total. The number of nitrogens with zero attached hydrogens (tertiary/aromatic N) is 1. The zero-order chi connectivity index (χ0) is 15.8. The van der Waals surface area contributed by atoms with Crippen LogP contribution in [0.3, 0.4) is 0 Å². The first-order chi connectivity index (χ1) is 9.97.